The van der Waals surface area contributed by atoms with Crippen LogP contribution < -0.4 is 0 Å². The Bertz CT molecular complexity index is 396. The summed E-state index contributed by atoms with van der Waals surface area (Å²) in [4.78, 5) is 24.4. The van der Waals surface area contributed by atoms with Crippen molar-refractivity contribution in [1.82, 2.24) is 4.90 Å². The fraction of sp³-hybridized carbons (Fsp3) is 0.846. The molecule has 0 radical (unpaired) electrons. The van der Waals surface area contributed by atoms with E-state index in [9.17, 15) is 9.59 Å². The normalized spacial score (nSPS) is 31.0. The molecule has 0 aliphatic carbocycles. The van der Waals surface area contributed by atoms with Crippen LogP contribution in [0, 0.1) is 0 Å². The Labute approximate surface area is 118 Å². The maximum absolute atomic E-state index is 11.9. The number of rotatable bonds is 3. The zero-order valence-corrected chi connectivity index (χ0v) is 12.3. The summed E-state index contributed by atoms with van der Waals surface area (Å²) >= 11 is 0. The molecule has 1 amide bonds. The maximum atomic E-state index is 11.9. The van der Waals surface area contributed by atoms with Crippen molar-refractivity contribution < 1.29 is 28.5 Å². The molecule has 2 saturated heterocycles. The average molecular weight is 287 g/mol. The van der Waals surface area contributed by atoms with E-state index in [2.05, 4.69) is 0 Å². The second-order valence-corrected chi connectivity index (χ2v) is 5.36. The number of fused-ring (bicyclic) bond motifs is 1. The third-order valence-electron chi connectivity index (χ3n) is 3.34. The number of likely N-dealkylation sites (tertiary alicyclic amines) is 1. The molecule has 2 rings (SSSR count). The van der Waals surface area contributed by atoms with Crippen LogP contribution in [0.2, 0.25) is 0 Å². The van der Waals surface area contributed by atoms with Crippen LogP contribution in [-0.4, -0.2) is 60.8 Å². The molecule has 114 valence electrons. The molecule has 0 N–H and O–H groups in total. The molecule has 2 aliphatic heterocycles. The topological polar surface area (TPSA) is 74.3 Å². The summed E-state index contributed by atoms with van der Waals surface area (Å²) in [5, 5.41) is 0. The van der Waals surface area contributed by atoms with Crippen LogP contribution in [0.4, 0.5) is 4.79 Å². The highest BCUT2D eigenvalue weighted by Gasteiger charge is 2.54. The Balaban J connectivity index is 2.09. The van der Waals surface area contributed by atoms with Gasteiger partial charge in [-0.05, 0) is 20.8 Å². The predicted molar refractivity (Wildman–Crippen MR) is 68.0 cm³/mol. The molecule has 0 bridgehead atoms. The van der Waals surface area contributed by atoms with E-state index in [1.165, 1.54) is 11.8 Å². The van der Waals surface area contributed by atoms with E-state index < -0.39 is 17.8 Å². The Hall–Kier alpha value is -1.34. The van der Waals surface area contributed by atoms with Gasteiger partial charge in [-0.1, -0.05) is 0 Å². The molecule has 7 heteroatoms. The van der Waals surface area contributed by atoms with E-state index in [1.807, 2.05) is 13.8 Å². The van der Waals surface area contributed by atoms with E-state index in [1.54, 1.807) is 6.92 Å². The van der Waals surface area contributed by atoms with Gasteiger partial charge >= 0.3 is 12.1 Å². The van der Waals surface area contributed by atoms with Crippen molar-refractivity contribution in [2.45, 2.75) is 51.7 Å². The highest BCUT2D eigenvalue weighted by molar-refractivity contribution is 5.69. The first kappa shape index (κ1) is 15.1. The lowest BCUT2D eigenvalue weighted by atomic mass is 10.1. The first-order valence-corrected chi connectivity index (χ1v) is 6.76. The van der Waals surface area contributed by atoms with Gasteiger partial charge < -0.3 is 18.9 Å². The summed E-state index contributed by atoms with van der Waals surface area (Å²) in [6, 6.07) is -0.385. The van der Waals surface area contributed by atoms with Crippen molar-refractivity contribution in [1.29, 1.82) is 0 Å². The molecule has 2 aliphatic rings. The second kappa shape index (κ2) is 5.57. The lowest BCUT2D eigenvalue weighted by Crippen LogP contribution is -2.45. The van der Waals surface area contributed by atoms with Gasteiger partial charge in [0.15, 0.2) is 5.79 Å². The third kappa shape index (κ3) is 3.04. The fourth-order valence-corrected chi connectivity index (χ4v) is 2.64. The van der Waals surface area contributed by atoms with Crippen LogP contribution >= 0.6 is 0 Å². The highest BCUT2D eigenvalue weighted by Crippen LogP contribution is 2.37. The van der Waals surface area contributed by atoms with Crippen LogP contribution in [0.1, 0.15) is 27.7 Å². The van der Waals surface area contributed by atoms with Crippen LogP contribution in [-0.2, 0) is 23.7 Å². The summed E-state index contributed by atoms with van der Waals surface area (Å²) in [5.41, 5.74) is 0. The van der Waals surface area contributed by atoms with Crippen molar-refractivity contribution >= 4 is 12.1 Å². The average Bonchev–Trinajstić information content (AvgIpc) is 2.78. The summed E-state index contributed by atoms with van der Waals surface area (Å²) in [6.45, 7) is 7.46. The molecule has 7 nitrogen and oxygen atoms in total. The predicted octanol–water partition coefficient (Wildman–Crippen LogP) is 0.910. The van der Waals surface area contributed by atoms with Crippen LogP contribution in [0.3, 0.4) is 0 Å². The second-order valence-electron chi connectivity index (χ2n) is 5.36. The molecule has 2 heterocycles. The van der Waals surface area contributed by atoms with E-state index >= 15 is 0 Å². The Morgan fingerprint density at radius 3 is 2.60 bits per heavy atom. The summed E-state index contributed by atoms with van der Waals surface area (Å²) in [7, 11) is 0. The molecular weight excluding hydrogens is 266 g/mol. The lowest BCUT2D eigenvalue weighted by molar-refractivity contribution is -0.164. The molecule has 3 atom stereocenters. The van der Waals surface area contributed by atoms with Gasteiger partial charge in [-0.25, -0.2) is 4.79 Å². The Kier molecular flexibility index (Phi) is 4.19. The number of carbonyl (C=O) groups excluding carboxylic acids is 2. The molecule has 2 fully saturated rings. The number of hydrogen-bond donors (Lipinski definition) is 0. The Morgan fingerprint density at radius 1 is 1.30 bits per heavy atom. The molecule has 0 saturated carbocycles. The number of ether oxygens (including phenoxy) is 4. The van der Waals surface area contributed by atoms with Gasteiger partial charge in [0, 0.05) is 6.92 Å². The molecular formula is C13H21NO6. The maximum Gasteiger partial charge on any atom is 0.410 e. The van der Waals surface area contributed by atoms with Gasteiger partial charge in [0.1, 0.15) is 18.8 Å². The zero-order valence-electron chi connectivity index (χ0n) is 12.3. The lowest BCUT2D eigenvalue weighted by Gasteiger charge is -2.28. The van der Waals surface area contributed by atoms with Crippen LogP contribution in [0.5, 0.6) is 0 Å². The molecule has 0 aromatic carbocycles. The van der Waals surface area contributed by atoms with Gasteiger partial charge in [-0.3, -0.25) is 9.69 Å². The van der Waals surface area contributed by atoms with Crippen molar-refractivity contribution in [3.05, 3.63) is 0 Å². The molecule has 0 spiro atoms. The van der Waals surface area contributed by atoms with Gasteiger partial charge in [-0.2, -0.15) is 0 Å². The highest BCUT2D eigenvalue weighted by atomic mass is 16.8. The monoisotopic (exact) mass is 287 g/mol. The number of amides is 1. The van der Waals surface area contributed by atoms with Gasteiger partial charge in [0.2, 0.25) is 0 Å². The smallest absolute Gasteiger partial charge is 0.410 e. The molecule has 0 aromatic rings. The first-order chi connectivity index (χ1) is 9.34. The van der Waals surface area contributed by atoms with Gasteiger partial charge in [0.25, 0.3) is 0 Å². The summed E-state index contributed by atoms with van der Waals surface area (Å²) in [6.07, 6.45) is -0.979. The quantitative estimate of drug-likeness (QED) is 0.718. The minimum Gasteiger partial charge on any atom is -0.464 e. The van der Waals surface area contributed by atoms with E-state index in [-0.39, 0.29) is 31.5 Å². The van der Waals surface area contributed by atoms with E-state index in [0.29, 0.717) is 6.54 Å². The molecule has 0 aromatic heterocycles. The molecule has 0 unspecified atom stereocenters. The van der Waals surface area contributed by atoms with Crippen LogP contribution in [0.25, 0.3) is 0 Å². The number of carbonyl (C=O) groups is 2. The van der Waals surface area contributed by atoms with Gasteiger partial charge in [-0.15, -0.1) is 0 Å². The van der Waals surface area contributed by atoms with Crippen molar-refractivity contribution in [2.75, 3.05) is 19.8 Å². The van der Waals surface area contributed by atoms with Crippen molar-refractivity contribution in [2.24, 2.45) is 0 Å². The third-order valence-corrected chi connectivity index (χ3v) is 3.34. The molecule has 20 heavy (non-hydrogen) atoms. The number of esters is 1. The minimum absolute atomic E-state index is 0.0781. The van der Waals surface area contributed by atoms with Gasteiger partial charge in [0.05, 0.1) is 19.2 Å². The van der Waals surface area contributed by atoms with Crippen molar-refractivity contribution in [3.63, 3.8) is 0 Å². The SMILES string of the molecule is CCOC(=O)N1C[C@H]2OC(C)(C)O[C@H]2[C@H]1COC(C)=O. The first-order valence-electron chi connectivity index (χ1n) is 6.76. The van der Waals surface area contributed by atoms with E-state index in [0.717, 1.165) is 0 Å². The summed E-state index contributed by atoms with van der Waals surface area (Å²) in [5.74, 6) is -1.08. The van der Waals surface area contributed by atoms with E-state index in [4.69, 9.17) is 18.9 Å². The number of hydrogen-bond acceptors (Lipinski definition) is 6. The largest absolute Gasteiger partial charge is 0.464 e. The summed E-state index contributed by atoms with van der Waals surface area (Å²) < 4.78 is 21.6. The standard InChI is InChI=1S/C13H21NO6/c1-5-17-12(16)14-6-10-11(20-13(3,4)19-10)9(14)7-18-8(2)15/h9-11H,5-7H2,1-4H3/t9-,10-,11+/m1/s1. The minimum atomic E-state index is -0.690. The van der Waals surface area contributed by atoms with Crippen LogP contribution in [0.15, 0.2) is 0 Å². The Morgan fingerprint density at radius 2 is 2.00 bits per heavy atom. The fourth-order valence-electron chi connectivity index (χ4n) is 2.64. The zero-order chi connectivity index (χ0) is 14.9. The number of nitrogens with zero attached hydrogens (tertiary/aromatic N) is 1. The van der Waals surface area contributed by atoms with Crippen molar-refractivity contribution in [3.8, 4) is 0 Å².